The molecule has 0 N–H and O–H groups in total. The first-order valence-electron chi connectivity index (χ1n) is 37.4. The van der Waals surface area contributed by atoms with Gasteiger partial charge in [-0.25, -0.2) is 19.9 Å². The van der Waals surface area contributed by atoms with Gasteiger partial charge in [-0.05, 0) is 117 Å². The Balaban J connectivity index is 0.000000142. The Morgan fingerprint density at radius 2 is 0.509 bits per heavy atom. The summed E-state index contributed by atoms with van der Waals surface area (Å²) >= 11 is 0. The number of benzene rings is 16. The highest BCUT2D eigenvalue weighted by molar-refractivity contribution is 6.20. The Morgan fingerprint density at radius 3 is 0.955 bits per heavy atom. The molecule has 8 nitrogen and oxygen atoms in total. The van der Waals surface area contributed by atoms with E-state index in [0.29, 0.717) is 11.9 Å². The van der Waals surface area contributed by atoms with Crippen LogP contribution in [0.25, 0.3) is 200 Å². The number of para-hydroxylation sites is 6. The molecule has 0 bridgehead atoms. The molecule has 0 aliphatic rings. The van der Waals surface area contributed by atoms with E-state index in [0.717, 1.165) is 133 Å². The highest BCUT2D eigenvalue weighted by atomic mass is 15.2. The molecule has 8 heteroatoms. The van der Waals surface area contributed by atoms with Crippen molar-refractivity contribution in [1.29, 1.82) is 0 Å². The van der Waals surface area contributed by atoms with Gasteiger partial charge in [-0.1, -0.05) is 328 Å². The first-order valence-corrected chi connectivity index (χ1v) is 37.4. The van der Waals surface area contributed by atoms with Crippen LogP contribution in [0.3, 0.4) is 0 Å². The maximum atomic E-state index is 5.49. The van der Waals surface area contributed by atoms with Crippen LogP contribution >= 0.6 is 0 Å². The van der Waals surface area contributed by atoms with Crippen molar-refractivity contribution in [3.8, 4) is 102 Å². The largest absolute Gasteiger partial charge is 0.309 e. The number of nitrogens with zero attached hydrogens (tertiary/aromatic N) is 8. The Hall–Kier alpha value is -14.9. The molecular weight excluding hydrogens is 1340 g/mol. The fraction of sp³-hybridized carbons (Fsp3) is 0. The molecule has 0 amide bonds. The second-order valence-corrected chi connectivity index (χ2v) is 28.0. The van der Waals surface area contributed by atoms with E-state index in [1.54, 1.807) is 0 Å². The molecule has 6 aromatic heterocycles. The average molecular weight is 1400 g/mol. The standard InChI is InChI=1S/C56H36N4.C46H30N4/c1-4-18-39(19-5-1)53-48-35-47-45-26-13-15-30-50(45)60(51(47)36-52(48)59(42-23-8-3-9-24-42)55(53)41-20-6-2-7-21-41)56-57-49-29-14-12-27-46(49)54(58-56)40-33-31-38(32-34-40)44-28-16-22-37-17-10-11-25-43(37)44;1-5-17-31(18-6-1)43-38-29-37-35-25-14-16-28-40(35)50(46-47-39-27-15-13-26-36(39)44(48-46)32-19-7-2-8-20-32)41(37)30-42(38)49(34-23-11-4-12-24-34)45(43)33-21-9-3-10-22-33/h1-36H;1-30H. The summed E-state index contributed by atoms with van der Waals surface area (Å²) in [6.07, 6.45) is 0. The second kappa shape index (κ2) is 26.6. The fourth-order valence-electron chi connectivity index (χ4n) is 16.8. The van der Waals surface area contributed by atoms with E-state index in [4.69, 9.17) is 19.9 Å². The molecule has 0 radical (unpaired) electrons. The topological polar surface area (TPSA) is 71.3 Å². The normalized spacial score (nSPS) is 11.6. The van der Waals surface area contributed by atoms with Crippen LogP contribution in [-0.4, -0.2) is 38.2 Å². The van der Waals surface area contributed by atoms with Crippen LogP contribution in [0.4, 0.5) is 0 Å². The van der Waals surface area contributed by atoms with Crippen LogP contribution in [0, 0.1) is 0 Å². The third-order valence-electron chi connectivity index (χ3n) is 21.7. The number of hydrogen-bond acceptors (Lipinski definition) is 4. The molecule has 0 aliphatic carbocycles. The number of fused-ring (bicyclic) bond motifs is 11. The van der Waals surface area contributed by atoms with Crippen molar-refractivity contribution in [2.75, 3.05) is 0 Å². The number of aromatic nitrogens is 8. The molecule has 0 fully saturated rings. The first kappa shape index (κ1) is 63.6. The molecule has 110 heavy (non-hydrogen) atoms. The zero-order valence-electron chi connectivity index (χ0n) is 59.7. The molecule has 0 saturated carbocycles. The average Bonchev–Trinajstić information content (AvgIpc) is 1.55. The molecule has 0 spiro atoms. The maximum absolute atomic E-state index is 5.49. The molecule has 0 aliphatic heterocycles. The summed E-state index contributed by atoms with van der Waals surface area (Å²) in [4.78, 5) is 21.4. The van der Waals surface area contributed by atoms with Gasteiger partial charge in [0.25, 0.3) is 0 Å². The van der Waals surface area contributed by atoms with Crippen molar-refractivity contribution in [3.05, 3.63) is 400 Å². The molecule has 0 saturated heterocycles. The maximum Gasteiger partial charge on any atom is 0.235 e. The van der Waals surface area contributed by atoms with Crippen LogP contribution < -0.4 is 0 Å². The molecule has 6 heterocycles. The van der Waals surface area contributed by atoms with Gasteiger partial charge in [-0.15, -0.1) is 0 Å². The lowest BCUT2D eigenvalue weighted by Gasteiger charge is -2.14. The zero-order valence-corrected chi connectivity index (χ0v) is 59.7. The van der Waals surface area contributed by atoms with Gasteiger partial charge < -0.3 is 9.13 Å². The van der Waals surface area contributed by atoms with Gasteiger partial charge >= 0.3 is 0 Å². The SMILES string of the molecule is c1ccc(-c2c(-c3ccccc3)n(-c3ccccc3)c3cc4c(cc23)c2ccccc2n4-c2nc(-c3ccc(-c4cccc5ccccc45)cc3)c3ccccc3n2)cc1.c1ccc(-c2nc(-n3c4ccccc4c4cc5c(-c6ccccc6)c(-c6ccccc6)n(-c6ccccc6)c5cc43)nc3ccccc23)cc1. The summed E-state index contributed by atoms with van der Waals surface area (Å²) in [5.41, 5.74) is 26.2. The third kappa shape index (κ3) is 10.7. The molecular formula is C102H66N8. The van der Waals surface area contributed by atoms with Gasteiger partial charge in [0, 0.05) is 76.7 Å². The van der Waals surface area contributed by atoms with Crippen molar-refractivity contribution in [3.63, 3.8) is 0 Å². The van der Waals surface area contributed by atoms with E-state index in [9.17, 15) is 0 Å². The van der Waals surface area contributed by atoms with E-state index in [1.165, 1.54) is 54.9 Å². The fourth-order valence-corrected chi connectivity index (χ4v) is 16.8. The Bertz CT molecular complexity index is 7270. The van der Waals surface area contributed by atoms with E-state index < -0.39 is 0 Å². The minimum atomic E-state index is 0.636. The van der Waals surface area contributed by atoms with Crippen LogP contribution in [0.1, 0.15) is 0 Å². The summed E-state index contributed by atoms with van der Waals surface area (Å²) in [6, 6.07) is 142. The van der Waals surface area contributed by atoms with Gasteiger partial charge in [0.1, 0.15) is 0 Å². The molecule has 16 aromatic carbocycles. The summed E-state index contributed by atoms with van der Waals surface area (Å²) in [5.74, 6) is 1.29. The number of rotatable bonds is 11. The van der Waals surface area contributed by atoms with Gasteiger partial charge in [0.15, 0.2) is 0 Å². The number of hydrogen-bond donors (Lipinski definition) is 0. The molecule has 22 aromatic rings. The quantitative estimate of drug-likeness (QED) is 0.129. The second-order valence-electron chi connectivity index (χ2n) is 28.0. The van der Waals surface area contributed by atoms with Gasteiger partial charge in [0.05, 0.1) is 66.9 Å². The monoisotopic (exact) mass is 1400 g/mol. The Morgan fingerprint density at radius 1 is 0.182 bits per heavy atom. The van der Waals surface area contributed by atoms with E-state index in [2.05, 4.69) is 407 Å². The lowest BCUT2D eigenvalue weighted by Crippen LogP contribution is -2.03. The van der Waals surface area contributed by atoms with Crippen molar-refractivity contribution in [1.82, 2.24) is 38.2 Å². The Kier molecular flexibility index (Phi) is 15.4. The minimum Gasteiger partial charge on any atom is -0.309 e. The van der Waals surface area contributed by atoms with Crippen molar-refractivity contribution in [2.24, 2.45) is 0 Å². The summed E-state index contributed by atoms with van der Waals surface area (Å²) in [7, 11) is 0. The van der Waals surface area contributed by atoms with E-state index in [-0.39, 0.29) is 0 Å². The van der Waals surface area contributed by atoms with Crippen LogP contribution in [0.5, 0.6) is 0 Å². The Labute approximate surface area is 634 Å². The van der Waals surface area contributed by atoms with Crippen LogP contribution in [-0.2, 0) is 0 Å². The highest BCUT2D eigenvalue weighted by Gasteiger charge is 2.28. The molecule has 514 valence electrons. The highest BCUT2D eigenvalue weighted by Crippen LogP contribution is 2.49. The molecule has 0 atom stereocenters. The summed E-state index contributed by atoms with van der Waals surface area (Å²) in [5, 5.41) is 11.5. The van der Waals surface area contributed by atoms with E-state index >= 15 is 0 Å². The predicted molar refractivity (Wildman–Crippen MR) is 457 cm³/mol. The van der Waals surface area contributed by atoms with E-state index in [1.807, 2.05) is 12.1 Å². The first-order chi connectivity index (χ1) is 54.6. The van der Waals surface area contributed by atoms with Crippen molar-refractivity contribution < 1.29 is 0 Å². The zero-order chi connectivity index (χ0) is 72.6. The lowest BCUT2D eigenvalue weighted by molar-refractivity contribution is 1.01. The predicted octanol–water partition coefficient (Wildman–Crippen LogP) is 26.2. The molecule has 0 unspecified atom stereocenters. The lowest BCUT2D eigenvalue weighted by atomic mass is 9.96. The van der Waals surface area contributed by atoms with Gasteiger partial charge in [-0.2, -0.15) is 0 Å². The van der Waals surface area contributed by atoms with Gasteiger partial charge in [-0.3, -0.25) is 9.13 Å². The van der Waals surface area contributed by atoms with Crippen molar-refractivity contribution in [2.45, 2.75) is 0 Å². The summed E-state index contributed by atoms with van der Waals surface area (Å²) in [6.45, 7) is 0. The molecule has 22 rings (SSSR count). The third-order valence-corrected chi connectivity index (χ3v) is 21.7. The summed E-state index contributed by atoms with van der Waals surface area (Å²) < 4.78 is 9.36. The smallest absolute Gasteiger partial charge is 0.235 e. The van der Waals surface area contributed by atoms with Crippen LogP contribution in [0.2, 0.25) is 0 Å². The van der Waals surface area contributed by atoms with Gasteiger partial charge in [0.2, 0.25) is 11.9 Å². The van der Waals surface area contributed by atoms with Crippen LogP contribution in [0.15, 0.2) is 400 Å². The minimum absolute atomic E-state index is 0.636. The van der Waals surface area contributed by atoms with Crippen molar-refractivity contribution >= 4 is 98.0 Å².